The smallest absolute Gasteiger partial charge is 0.408 e. The summed E-state index contributed by atoms with van der Waals surface area (Å²) in [6.07, 6.45) is -11.8. The molecule has 0 spiro atoms. The Labute approximate surface area is 211 Å². The van der Waals surface area contributed by atoms with E-state index in [0.29, 0.717) is 21.8 Å². The van der Waals surface area contributed by atoms with E-state index in [4.69, 9.17) is 4.74 Å². The van der Waals surface area contributed by atoms with Crippen LogP contribution in [-0.4, -0.2) is 63.8 Å². The lowest BCUT2D eigenvalue weighted by atomic mass is 10.0. The molecule has 7 nitrogen and oxygen atoms in total. The SMILES string of the molecule is COc1nc(-c2cccc(C(C)N(CC(F)F)C(=O)NC(CCC(F)(F)F)C(F)(F)F)c2)cn2ccnc12. The standard InChI is InChI=1S/C23H23F8N5O2/c1-13(36(12-18(24)25)21(37)34-17(23(29,30)31)6-7-22(26,27)28)14-4-3-5-15(10-14)16-11-35-9-8-32-19(35)20(33-16)38-2/h3-5,8-11,13,17-18H,6-7,12H2,1-2H3,(H,34,37). The molecule has 2 aromatic heterocycles. The first kappa shape index (κ1) is 28.9. The van der Waals surface area contributed by atoms with Crippen molar-refractivity contribution in [3.63, 3.8) is 0 Å². The van der Waals surface area contributed by atoms with Gasteiger partial charge in [-0.2, -0.15) is 26.3 Å². The Morgan fingerprint density at radius 3 is 2.50 bits per heavy atom. The molecule has 0 fully saturated rings. The van der Waals surface area contributed by atoms with Gasteiger partial charge in [-0.15, -0.1) is 0 Å². The first-order valence-corrected chi connectivity index (χ1v) is 11.2. The van der Waals surface area contributed by atoms with E-state index in [1.807, 2.05) is 0 Å². The fourth-order valence-electron chi connectivity index (χ4n) is 3.74. The van der Waals surface area contributed by atoms with E-state index in [2.05, 4.69) is 9.97 Å². The number of carbonyl (C=O) groups is 1. The second-order valence-electron chi connectivity index (χ2n) is 8.34. The number of alkyl halides is 8. The molecule has 15 heteroatoms. The van der Waals surface area contributed by atoms with Gasteiger partial charge in [-0.1, -0.05) is 18.2 Å². The fourth-order valence-corrected chi connectivity index (χ4v) is 3.74. The number of urea groups is 1. The third kappa shape index (κ3) is 7.22. The molecule has 0 aliphatic heterocycles. The number of halogens is 8. The minimum absolute atomic E-state index is 0.196. The van der Waals surface area contributed by atoms with Gasteiger partial charge in [0, 0.05) is 30.6 Å². The van der Waals surface area contributed by atoms with Gasteiger partial charge in [-0.25, -0.2) is 23.5 Å². The van der Waals surface area contributed by atoms with Crippen LogP contribution in [0.25, 0.3) is 16.9 Å². The van der Waals surface area contributed by atoms with Crippen LogP contribution >= 0.6 is 0 Å². The van der Waals surface area contributed by atoms with Crippen LogP contribution in [0.2, 0.25) is 0 Å². The maximum absolute atomic E-state index is 13.3. The molecule has 38 heavy (non-hydrogen) atoms. The summed E-state index contributed by atoms with van der Waals surface area (Å²) in [6.45, 7) is 0.0562. The Hall–Kier alpha value is -3.65. The van der Waals surface area contributed by atoms with Gasteiger partial charge >= 0.3 is 18.4 Å². The second-order valence-corrected chi connectivity index (χ2v) is 8.34. The van der Waals surface area contributed by atoms with E-state index in [9.17, 15) is 39.9 Å². The molecule has 2 atom stereocenters. The summed E-state index contributed by atoms with van der Waals surface area (Å²) >= 11 is 0. The molecule has 0 bridgehead atoms. The van der Waals surface area contributed by atoms with Crippen molar-refractivity contribution >= 4 is 11.7 Å². The summed E-state index contributed by atoms with van der Waals surface area (Å²) in [7, 11) is 1.39. The van der Waals surface area contributed by atoms with Crippen molar-refractivity contribution in [1.29, 1.82) is 0 Å². The third-order valence-corrected chi connectivity index (χ3v) is 5.67. The molecular formula is C23H23F8N5O2. The van der Waals surface area contributed by atoms with Crippen molar-refractivity contribution in [3.05, 3.63) is 48.4 Å². The highest BCUT2D eigenvalue weighted by molar-refractivity contribution is 5.75. The number of amides is 2. The lowest BCUT2D eigenvalue weighted by molar-refractivity contribution is -0.171. The number of methoxy groups -OCH3 is 1. The molecule has 0 aliphatic carbocycles. The van der Waals surface area contributed by atoms with Crippen LogP contribution in [0.5, 0.6) is 5.88 Å². The van der Waals surface area contributed by atoms with Crippen LogP contribution in [0.4, 0.5) is 39.9 Å². The van der Waals surface area contributed by atoms with E-state index in [1.54, 1.807) is 22.9 Å². The number of ether oxygens (including phenoxy) is 1. The van der Waals surface area contributed by atoms with E-state index in [-0.39, 0.29) is 11.4 Å². The number of carbonyl (C=O) groups excluding carboxylic acids is 1. The average molecular weight is 553 g/mol. The molecule has 3 aromatic rings. The highest BCUT2D eigenvalue weighted by Gasteiger charge is 2.44. The Bertz CT molecular complexity index is 1240. The second kappa shape index (κ2) is 11.4. The first-order valence-electron chi connectivity index (χ1n) is 11.2. The highest BCUT2D eigenvalue weighted by Crippen LogP contribution is 2.31. The number of rotatable bonds is 9. The lowest BCUT2D eigenvalue weighted by Gasteiger charge is -2.32. The Morgan fingerprint density at radius 2 is 1.89 bits per heavy atom. The summed E-state index contributed by atoms with van der Waals surface area (Å²) in [5.41, 5.74) is 1.56. The van der Waals surface area contributed by atoms with Gasteiger partial charge in [-0.05, 0) is 25.0 Å². The van der Waals surface area contributed by atoms with Crippen LogP contribution in [0.3, 0.4) is 0 Å². The summed E-state index contributed by atoms with van der Waals surface area (Å²) in [4.78, 5) is 21.6. The van der Waals surface area contributed by atoms with Gasteiger partial charge in [-0.3, -0.25) is 0 Å². The number of benzene rings is 1. The zero-order valence-electron chi connectivity index (χ0n) is 20.0. The maximum atomic E-state index is 13.3. The number of hydrogen-bond donors (Lipinski definition) is 1. The van der Waals surface area contributed by atoms with Crippen molar-refractivity contribution < 1.29 is 44.7 Å². The maximum Gasteiger partial charge on any atom is 0.408 e. The van der Waals surface area contributed by atoms with Gasteiger partial charge in [0.25, 0.3) is 12.3 Å². The van der Waals surface area contributed by atoms with Gasteiger partial charge < -0.3 is 19.4 Å². The molecule has 0 saturated heterocycles. The van der Waals surface area contributed by atoms with Gasteiger partial charge in [0.05, 0.1) is 25.4 Å². The number of hydrogen-bond acceptors (Lipinski definition) is 4. The molecule has 2 unspecified atom stereocenters. The van der Waals surface area contributed by atoms with Crippen LogP contribution in [0, 0.1) is 0 Å². The molecule has 2 amide bonds. The number of imidazole rings is 1. The number of nitrogens with zero attached hydrogens (tertiary/aromatic N) is 4. The van der Waals surface area contributed by atoms with Gasteiger partial charge in [0.1, 0.15) is 6.04 Å². The quantitative estimate of drug-likeness (QED) is 0.329. The molecular weight excluding hydrogens is 530 g/mol. The van der Waals surface area contributed by atoms with E-state index >= 15 is 0 Å². The zero-order valence-corrected chi connectivity index (χ0v) is 20.0. The van der Waals surface area contributed by atoms with Crippen molar-refractivity contribution in [2.45, 2.75) is 50.6 Å². The van der Waals surface area contributed by atoms with Crippen LogP contribution in [-0.2, 0) is 0 Å². The van der Waals surface area contributed by atoms with Crippen LogP contribution < -0.4 is 10.1 Å². The third-order valence-electron chi connectivity index (χ3n) is 5.67. The molecule has 2 heterocycles. The minimum Gasteiger partial charge on any atom is -0.478 e. The summed E-state index contributed by atoms with van der Waals surface area (Å²) < 4.78 is 111. The lowest BCUT2D eigenvalue weighted by Crippen LogP contribution is -2.52. The predicted octanol–water partition coefficient (Wildman–Crippen LogP) is 6.02. The first-order chi connectivity index (χ1) is 17.7. The molecule has 0 saturated carbocycles. The average Bonchev–Trinajstić information content (AvgIpc) is 3.31. The Morgan fingerprint density at radius 1 is 1.18 bits per heavy atom. The van der Waals surface area contributed by atoms with Crippen molar-refractivity contribution in [3.8, 4) is 17.1 Å². The Kier molecular flexibility index (Phi) is 8.67. The summed E-state index contributed by atoms with van der Waals surface area (Å²) in [6, 6.07) is 0.507. The zero-order chi connectivity index (χ0) is 28.3. The van der Waals surface area contributed by atoms with Crippen LogP contribution in [0.1, 0.15) is 31.4 Å². The molecule has 1 aromatic carbocycles. The van der Waals surface area contributed by atoms with Crippen LogP contribution in [0.15, 0.2) is 42.9 Å². The monoisotopic (exact) mass is 553 g/mol. The highest BCUT2D eigenvalue weighted by atomic mass is 19.4. The van der Waals surface area contributed by atoms with Crippen molar-refractivity contribution in [2.24, 2.45) is 0 Å². The van der Waals surface area contributed by atoms with Gasteiger partial charge in [0.2, 0.25) is 0 Å². The minimum atomic E-state index is -5.22. The molecule has 0 radical (unpaired) electrons. The number of aromatic nitrogens is 3. The van der Waals surface area contributed by atoms with Gasteiger partial charge in [0.15, 0.2) is 5.65 Å². The normalized spacial score (nSPS) is 14.0. The molecule has 3 rings (SSSR count). The molecule has 1 N–H and O–H groups in total. The van der Waals surface area contributed by atoms with E-state index < -0.39 is 56.3 Å². The van der Waals surface area contributed by atoms with E-state index in [0.717, 1.165) is 0 Å². The molecule has 208 valence electrons. The summed E-state index contributed by atoms with van der Waals surface area (Å²) in [5.74, 6) is 0.196. The fraction of sp³-hybridized carbons (Fsp3) is 0.435. The van der Waals surface area contributed by atoms with E-state index in [1.165, 1.54) is 43.7 Å². The number of fused-ring (bicyclic) bond motifs is 1. The largest absolute Gasteiger partial charge is 0.478 e. The summed E-state index contributed by atoms with van der Waals surface area (Å²) in [5, 5.41) is 1.45. The number of nitrogens with one attached hydrogen (secondary N) is 1. The Balaban J connectivity index is 1.90. The topological polar surface area (TPSA) is 71.8 Å². The van der Waals surface area contributed by atoms with Crippen molar-refractivity contribution in [2.75, 3.05) is 13.7 Å². The van der Waals surface area contributed by atoms with Crippen molar-refractivity contribution in [1.82, 2.24) is 24.6 Å². The predicted molar refractivity (Wildman–Crippen MR) is 120 cm³/mol. The molecule has 0 aliphatic rings.